The molecule has 1 unspecified atom stereocenters. The Kier molecular flexibility index (Phi) is 6.60. The molecule has 4 rings (SSSR count). The van der Waals surface area contributed by atoms with Crippen molar-refractivity contribution in [3.8, 4) is 0 Å². The first-order valence-corrected chi connectivity index (χ1v) is 9.49. The average Bonchev–Trinajstić information content (AvgIpc) is 3.09. The Morgan fingerprint density at radius 3 is 2.46 bits per heavy atom. The molecule has 0 bridgehead atoms. The number of hydrogen-bond acceptors (Lipinski definition) is 4. The highest BCUT2D eigenvalue weighted by Crippen LogP contribution is 2.39. The highest BCUT2D eigenvalue weighted by atomic mass is 16.4. The van der Waals surface area contributed by atoms with Crippen LogP contribution in [0.4, 0.5) is 0 Å². The van der Waals surface area contributed by atoms with E-state index in [4.69, 9.17) is 15.2 Å². The van der Waals surface area contributed by atoms with Gasteiger partial charge in [-0.25, -0.2) is 14.6 Å². The van der Waals surface area contributed by atoms with E-state index in [9.17, 15) is 9.59 Å². The highest BCUT2D eigenvalue weighted by molar-refractivity contribution is 5.89. The highest BCUT2D eigenvalue weighted by Gasteiger charge is 2.32. The number of aliphatic carboxylic acids is 2. The third-order valence-corrected chi connectivity index (χ3v) is 5.26. The molecule has 148 valence electrons. The number of aromatic nitrogens is 2. The number of aryl methyl sites for hydroxylation is 2. The van der Waals surface area contributed by atoms with Crippen molar-refractivity contribution in [1.29, 1.82) is 0 Å². The van der Waals surface area contributed by atoms with Crippen LogP contribution < -0.4 is 5.32 Å². The summed E-state index contributed by atoms with van der Waals surface area (Å²) in [6.45, 7) is 3.35. The summed E-state index contributed by atoms with van der Waals surface area (Å²) in [7, 11) is 0. The summed E-state index contributed by atoms with van der Waals surface area (Å²) in [4.78, 5) is 23.8. The van der Waals surface area contributed by atoms with Crippen molar-refractivity contribution in [2.24, 2.45) is 5.92 Å². The molecule has 0 amide bonds. The van der Waals surface area contributed by atoms with E-state index < -0.39 is 11.9 Å². The number of carboxylic acid groups (broad SMARTS) is 2. The Morgan fingerprint density at radius 1 is 1.11 bits per heavy atom. The predicted octanol–water partition coefficient (Wildman–Crippen LogP) is 2.28. The molecular formula is C21H25N3O4. The van der Waals surface area contributed by atoms with Crippen LogP contribution in [0.15, 0.2) is 48.8 Å². The van der Waals surface area contributed by atoms with Crippen LogP contribution in [-0.4, -0.2) is 44.8 Å². The summed E-state index contributed by atoms with van der Waals surface area (Å²) in [5, 5.41) is 19.1. The van der Waals surface area contributed by atoms with Crippen LogP contribution in [0.1, 0.15) is 35.7 Å². The molecule has 28 heavy (non-hydrogen) atoms. The minimum atomic E-state index is -1.26. The fourth-order valence-corrected chi connectivity index (χ4v) is 4.02. The molecule has 3 heterocycles. The second-order valence-corrected chi connectivity index (χ2v) is 7.00. The summed E-state index contributed by atoms with van der Waals surface area (Å²) in [6, 6.07) is 8.99. The van der Waals surface area contributed by atoms with E-state index in [-0.39, 0.29) is 0 Å². The maximum absolute atomic E-state index is 9.55. The maximum atomic E-state index is 9.55. The van der Waals surface area contributed by atoms with E-state index >= 15 is 0 Å². The molecule has 1 atom stereocenters. The second kappa shape index (κ2) is 9.32. The number of carbonyl (C=O) groups is 2. The molecule has 2 aliphatic rings. The van der Waals surface area contributed by atoms with Gasteiger partial charge in [-0.1, -0.05) is 24.3 Å². The molecular weight excluding hydrogens is 358 g/mol. The topological polar surface area (TPSA) is 104 Å². The van der Waals surface area contributed by atoms with Gasteiger partial charge in [-0.2, -0.15) is 0 Å². The van der Waals surface area contributed by atoms with Gasteiger partial charge in [0.1, 0.15) is 5.82 Å². The van der Waals surface area contributed by atoms with Gasteiger partial charge in [0.05, 0.1) is 0 Å². The maximum Gasteiger partial charge on any atom is 0.328 e. The fourth-order valence-electron chi connectivity index (χ4n) is 4.02. The van der Waals surface area contributed by atoms with E-state index in [0.29, 0.717) is 18.1 Å². The predicted molar refractivity (Wildman–Crippen MR) is 104 cm³/mol. The zero-order chi connectivity index (χ0) is 19.9. The zero-order valence-corrected chi connectivity index (χ0v) is 15.6. The van der Waals surface area contributed by atoms with Crippen molar-refractivity contribution >= 4 is 11.9 Å². The van der Waals surface area contributed by atoms with Crippen molar-refractivity contribution in [1.82, 2.24) is 14.9 Å². The van der Waals surface area contributed by atoms with Crippen molar-refractivity contribution in [3.63, 3.8) is 0 Å². The van der Waals surface area contributed by atoms with E-state index in [2.05, 4.69) is 40.3 Å². The Balaban J connectivity index is 0.000000242. The molecule has 0 radical (unpaired) electrons. The van der Waals surface area contributed by atoms with Gasteiger partial charge in [-0.05, 0) is 49.4 Å². The first-order valence-electron chi connectivity index (χ1n) is 9.49. The zero-order valence-electron chi connectivity index (χ0n) is 15.6. The number of benzene rings is 1. The molecule has 2 aromatic rings. The molecule has 7 heteroatoms. The van der Waals surface area contributed by atoms with Gasteiger partial charge in [-0.3, -0.25) is 0 Å². The molecule has 0 spiro atoms. The Labute approximate surface area is 163 Å². The smallest absolute Gasteiger partial charge is 0.328 e. The van der Waals surface area contributed by atoms with E-state index in [0.717, 1.165) is 32.0 Å². The number of nitrogens with one attached hydrogen (secondary N) is 1. The van der Waals surface area contributed by atoms with Crippen molar-refractivity contribution < 1.29 is 19.8 Å². The SMILES string of the molecule is O=C(O)/C=C/C(=O)O.c1ccc2c(c1)CCn1ccnc1C2C1CCNCC1. The lowest BCUT2D eigenvalue weighted by Gasteiger charge is -2.31. The minimum absolute atomic E-state index is 0.478. The molecule has 0 aliphatic carbocycles. The summed E-state index contributed by atoms with van der Waals surface area (Å²) in [5.74, 6) is -0.0379. The van der Waals surface area contributed by atoms with Gasteiger partial charge in [0, 0.05) is 37.0 Å². The van der Waals surface area contributed by atoms with Crippen LogP contribution in [0.25, 0.3) is 0 Å². The number of rotatable bonds is 3. The fraction of sp³-hybridized carbons (Fsp3) is 0.381. The third-order valence-electron chi connectivity index (χ3n) is 5.26. The van der Waals surface area contributed by atoms with Crippen LogP contribution >= 0.6 is 0 Å². The van der Waals surface area contributed by atoms with E-state index in [1.54, 1.807) is 0 Å². The van der Waals surface area contributed by atoms with Crippen LogP contribution in [0.3, 0.4) is 0 Å². The van der Waals surface area contributed by atoms with Crippen molar-refractivity contribution in [3.05, 3.63) is 65.8 Å². The molecule has 1 aromatic carbocycles. The van der Waals surface area contributed by atoms with Gasteiger partial charge in [0.2, 0.25) is 0 Å². The van der Waals surface area contributed by atoms with Gasteiger partial charge in [0.15, 0.2) is 0 Å². The summed E-state index contributed by atoms with van der Waals surface area (Å²) < 4.78 is 2.37. The lowest BCUT2D eigenvalue weighted by Crippen LogP contribution is -2.32. The molecule has 1 fully saturated rings. The number of fused-ring (bicyclic) bond motifs is 2. The average molecular weight is 383 g/mol. The number of carboxylic acids is 2. The molecule has 1 aromatic heterocycles. The second-order valence-electron chi connectivity index (χ2n) is 7.00. The normalized spacial score (nSPS) is 19.1. The van der Waals surface area contributed by atoms with Crippen LogP contribution in [0, 0.1) is 5.92 Å². The summed E-state index contributed by atoms with van der Waals surface area (Å²) in [6.07, 6.45) is 8.87. The van der Waals surface area contributed by atoms with Crippen molar-refractivity contribution in [2.45, 2.75) is 31.7 Å². The Bertz CT molecular complexity index is 837. The van der Waals surface area contributed by atoms with E-state index in [1.165, 1.54) is 29.8 Å². The van der Waals surface area contributed by atoms with Gasteiger partial charge in [-0.15, -0.1) is 0 Å². The molecule has 3 N–H and O–H groups in total. The lowest BCUT2D eigenvalue weighted by molar-refractivity contribution is -0.134. The van der Waals surface area contributed by atoms with Gasteiger partial charge >= 0.3 is 11.9 Å². The Morgan fingerprint density at radius 2 is 1.79 bits per heavy atom. The monoisotopic (exact) mass is 383 g/mol. The first-order chi connectivity index (χ1) is 13.6. The van der Waals surface area contributed by atoms with E-state index in [1.807, 2.05) is 6.20 Å². The molecule has 0 saturated carbocycles. The quantitative estimate of drug-likeness (QED) is 0.703. The number of hydrogen-bond donors (Lipinski definition) is 3. The molecule has 7 nitrogen and oxygen atoms in total. The largest absolute Gasteiger partial charge is 0.478 e. The minimum Gasteiger partial charge on any atom is -0.478 e. The van der Waals surface area contributed by atoms with Crippen molar-refractivity contribution in [2.75, 3.05) is 13.1 Å². The number of piperidine rings is 1. The first kappa shape index (κ1) is 19.8. The Hall–Kier alpha value is -2.93. The number of nitrogens with zero attached hydrogens (tertiary/aromatic N) is 2. The standard InChI is InChI=1S/C17H21N3.C4H4O4/c1-2-4-15-13(3-1)7-11-20-12-10-19-17(20)16(15)14-5-8-18-9-6-14;5-3(6)1-2-4(7)8/h1-4,10,12,14,16,18H,5-9,11H2;1-2H,(H,5,6)(H,7,8)/b;2-1+. The summed E-state index contributed by atoms with van der Waals surface area (Å²) in [5.41, 5.74) is 3.03. The summed E-state index contributed by atoms with van der Waals surface area (Å²) >= 11 is 0. The van der Waals surface area contributed by atoms with Crippen LogP contribution in [0.5, 0.6) is 0 Å². The third kappa shape index (κ3) is 4.86. The molecule has 2 aliphatic heterocycles. The lowest BCUT2D eigenvalue weighted by atomic mass is 9.78. The van der Waals surface area contributed by atoms with Crippen LogP contribution in [0.2, 0.25) is 0 Å². The van der Waals surface area contributed by atoms with Crippen LogP contribution in [-0.2, 0) is 22.6 Å². The number of imidazole rings is 1. The molecule has 1 saturated heterocycles. The van der Waals surface area contributed by atoms with Gasteiger partial charge < -0.3 is 20.1 Å². The van der Waals surface area contributed by atoms with Gasteiger partial charge in [0.25, 0.3) is 0 Å².